The molecule has 0 bridgehead atoms. The van der Waals surface area contributed by atoms with E-state index in [4.69, 9.17) is 4.42 Å². The fraction of sp³-hybridized carbons (Fsp3) is 0.188. The van der Waals surface area contributed by atoms with E-state index in [0.717, 1.165) is 6.07 Å². The molecule has 6 nitrogen and oxygen atoms in total. The first kappa shape index (κ1) is 15.4. The smallest absolute Gasteiger partial charge is 0.408 e. The van der Waals surface area contributed by atoms with Gasteiger partial charge in [0.25, 0.3) is 0 Å². The van der Waals surface area contributed by atoms with Crippen LogP contribution in [0.2, 0.25) is 0 Å². The van der Waals surface area contributed by atoms with E-state index in [1.54, 1.807) is 18.2 Å². The van der Waals surface area contributed by atoms with E-state index >= 15 is 0 Å². The molecule has 0 saturated carbocycles. The van der Waals surface area contributed by atoms with Crippen LogP contribution in [0.1, 0.15) is 18.4 Å². The lowest BCUT2D eigenvalue weighted by Gasteiger charge is -2.09. The first-order chi connectivity index (χ1) is 11.9. The van der Waals surface area contributed by atoms with Gasteiger partial charge in [-0.2, -0.15) is 13.2 Å². The zero-order valence-electron chi connectivity index (χ0n) is 12.9. The Morgan fingerprint density at radius 2 is 2.00 bits per heavy atom. The highest BCUT2D eigenvalue weighted by molar-refractivity contribution is 5.78. The van der Waals surface area contributed by atoms with Crippen molar-refractivity contribution in [3.8, 4) is 5.69 Å². The molecule has 1 N–H and O–H groups in total. The molecule has 3 aromatic heterocycles. The monoisotopic (exact) mass is 348 g/mol. The molecule has 25 heavy (non-hydrogen) atoms. The van der Waals surface area contributed by atoms with Crippen LogP contribution < -0.4 is 5.76 Å². The number of benzene rings is 1. The third kappa shape index (κ3) is 2.48. The maximum absolute atomic E-state index is 13.0. The van der Waals surface area contributed by atoms with Gasteiger partial charge >= 0.3 is 11.9 Å². The third-order valence-electron chi connectivity index (χ3n) is 3.84. The Balaban J connectivity index is 2.01. The van der Waals surface area contributed by atoms with Crippen LogP contribution in [0.5, 0.6) is 0 Å². The van der Waals surface area contributed by atoms with Gasteiger partial charge in [0.05, 0.1) is 11.2 Å². The number of aromatic nitrogens is 4. The van der Waals surface area contributed by atoms with E-state index in [0.29, 0.717) is 34.5 Å². The lowest BCUT2D eigenvalue weighted by atomic mass is 10.2. The van der Waals surface area contributed by atoms with Crippen LogP contribution in [0.15, 0.2) is 39.5 Å². The summed E-state index contributed by atoms with van der Waals surface area (Å²) >= 11 is 0. The average Bonchev–Trinajstić information content (AvgIpc) is 3.11. The summed E-state index contributed by atoms with van der Waals surface area (Å²) in [6.45, 7) is 1.84. The number of pyridine rings is 1. The summed E-state index contributed by atoms with van der Waals surface area (Å²) in [4.78, 5) is 21.9. The van der Waals surface area contributed by atoms with E-state index in [9.17, 15) is 18.0 Å². The molecule has 9 heteroatoms. The summed E-state index contributed by atoms with van der Waals surface area (Å²) < 4.78 is 45.6. The molecule has 1 aromatic carbocycles. The zero-order chi connectivity index (χ0) is 17.8. The predicted octanol–water partition coefficient (Wildman–Crippen LogP) is 3.44. The Labute approximate surface area is 137 Å². The molecule has 0 aliphatic carbocycles. The van der Waals surface area contributed by atoms with Crippen LogP contribution in [-0.2, 0) is 12.6 Å². The summed E-state index contributed by atoms with van der Waals surface area (Å²) in [5.41, 5.74) is 0.794. The number of aromatic amines is 1. The normalized spacial score (nSPS) is 12.3. The van der Waals surface area contributed by atoms with Gasteiger partial charge in [0, 0.05) is 12.5 Å². The molecule has 0 fully saturated rings. The highest BCUT2D eigenvalue weighted by Crippen LogP contribution is 2.30. The molecule has 0 aliphatic rings. The summed E-state index contributed by atoms with van der Waals surface area (Å²) in [5.74, 6) is -0.0464. The van der Waals surface area contributed by atoms with E-state index in [2.05, 4.69) is 15.0 Å². The minimum atomic E-state index is -4.55. The van der Waals surface area contributed by atoms with Crippen molar-refractivity contribution in [2.24, 2.45) is 0 Å². The SMILES string of the molecule is CCc1nc2ccc(C(F)(F)F)nc2n1-c1ccc2[nH]c(=O)oc2c1. The van der Waals surface area contributed by atoms with Crippen molar-refractivity contribution in [3.63, 3.8) is 0 Å². The minimum Gasteiger partial charge on any atom is -0.408 e. The number of hydrogen-bond donors (Lipinski definition) is 1. The maximum atomic E-state index is 13.0. The van der Waals surface area contributed by atoms with Crippen molar-refractivity contribution in [1.29, 1.82) is 0 Å². The molecule has 4 rings (SSSR count). The molecular formula is C16H11F3N4O2. The second-order valence-corrected chi connectivity index (χ2v) is 5.45. The second-order valence-electron chi connectivity index (χ2n) is 5.45. The highest BCUT2D eigenvalue weighted by Gasteiger charge is 2.33. The van der Waals surface area contributed by atoms with Gasteiger partial charge in [-0.25, -0.2) is 14.8 Å². The van der Waals surface area contributed by atoms with Crippen LogP contribution in [0.3, 0.4) is 0 Å². The van der Waals surface area contributed by atoms with E-state index < -0.39 is 17.6 Å². The first-order valence-corrected chi connectivity index (χ1v) is 7.45. The number of oxazole rings is 1. The van der Waals surface area contributed by atoms with Crippen molar-refractivity contribution >= 4 is 22.3 Å². The van der Waals surface area contributed by atoms with Gasteiger partial charge in [-0.1, -0.05) is 6.92 Å². The zero-order valence-corrected chi connectivity index (χ0v) is 12.9. The first-order valence-electron chi connectivity index (χ1n) is 7.45. The van der Waals surface area contributed by atoms with Gasteiger partial charge < -0.3 is 4.42 Å². The van der Waals surface area contributed by atoms with Crippen LogP contribution in [-0.4, -0.2) is 19.5 Å². The van der Waals surface area contributed by atoms with Crippen molar-refractivity contribution in [2.75, 3.05) is 0 Å². The molecule has 0 saturated heterocycles. The lowest BCUT2D eigenvalue weighted by Crippen LogP contribution is -2.09. The van der Waals surface area contributed by atoms with Crippen molar-refractivity contribution in [1.82, 2.24) is 19.5 Å². The minimum absolute atomic E-state index is 0.101. The molecule has 4 aromatic rings. The van der Waals surface area contributed by atoms with Gasteiger partial charge in [-0.15, -0.1) is 0 Å². The van der Waals surface area contributed by atoms with Gasteiger partial charge in [0.2, 0.25) is 0 Å². The number of nitrogens with one attached hydrogen (secondary N) is 1. The Kier molecular flexibility index (Phi) is 3.21. The number of aryl methyl sites for hydroxylation is 1. The Hall–Kier alpha value is -3.10. The van der Waals surface area contributed by atoms with E-state index in [1.165, 1.54) is 10.6 Å². The molecule has 0 aliphatic heterocycles. The molecule has 0 amide bonds. The Morgan fingerprint density at radius 1 is 1.20 bits per heavy atom. The summed E-state index contributed by atoms with van der Waals surface area (Å²) in [5, 5.41) is 0. The van der Waals surface area contributed by atoms with E-state index in [1.807, 2.05) is 6.92 Å². The third-order valence-corrected chi connectivity index (χ3v) is 3.84. The number of alkyl halides is 3. The molecular weight excluding hydrogens is 337 g/mol. The number of nitrogens with zero attached hydrogens (tertiary/aromatic N) is 3. The van der Waals surface area contributed by atoms with Crippen LogP contribution >= 0.6 is 0 Å². The van der Waals surface area contributed by atoms with Gasteiger partial charge in [0.15, 0.2) is 11.2 Å². The van der Waals surface area contributed by atoms with Gasteiger partial charge in [-0.05, 0) is 24.3 Å². The van der Waals surface area contributed by atoms with Crippen molar-refractivity contribution in [3.05, 3.63) is 52.4 Å². The lowest BCUT2D eigenvalue weighted by molar-refractivity contribution is -0.141. The highest BCUT2D eigenvalue weighted by atomic mass is 19.4. The van der Waals surface area contributed by atoms with Crippen molar-refractivity contribution < 1.29 is 17.6 Å². The standard InChI is InChI=1S/C16H11F3N4O2/c1-2-13-20-10-5-6-12(16(17,18)19)22-14(10)23(13)8-3-4-9-11(7-8)25-15(24)21-9/h3-7H,2H2,1H3,(H,21,24). The molecule has 0 spiro atoms. The fourth-order valence-corrected chi connectivity index (χ4v) is 2.74. The number of rotatable bonds is 2. The largest absolute Gasteiger partial charge is 0.433 e. The van der Waals surface area contributed by atoms with Crippen LogP contribution in [0.4, 0.5) is 13.2 Å². The molecule has 0 radical (unpaired) electrons. The number of hydrogen-bond acceptors (Lipinski definition) is 4. The second kappa shape index (κ2) is 5.20. The quantitative estimate of drug-likeness (QED) is 0.602. The predicted molar refractivity (Wildman–Crippen MR) is 83.6 cm³/mol. The number of H-pyrrole nitrogens is 1. The Bertz CT molecular complexity index is 1150. The van der Waals surface area contributed by atoms with Crippen LogP contribution in [0, 0.1) is 0 Å². The van der Waals surface area contributed by atoms with E-state index in [-0.39, 0.29) is 5.65 Å². The maximum Gasteiger partial charge on any atom is 0.433 e. The van der Waals surface area contributed by atoms with Crippen LogP contribution in [0.25, 0.3) is 28.0 Å². The summed E-state index contributed by atoms with van der Waals surface area (Å²) in [7, 11) is 0. The van der Waals surface area contributed by atoms with Crippen molar-refractivity contribution in [2.45, 2.75) is 19.5 Å². The summed E-state index contributed by atoms with van der Waals surface area (Å²) in [6.07, 6.45) is -4.06. The van der Waals surface area contributed by atoms with Gasteiger partial charge in [-0.3, -0.25) is 9.55 Å². The number of imidazole rings is 1. The molecule has 0 atom stereocenters. The number of halogens is 3. The topological polar surface area (TPSA) is 76.7 Å². The fourth-order valence-electron chi connectivity index (χ4n) is 2.74. The summed E-state index contributed by atoms with van der Waals surface area (Å²) in [6, 6.07) is 7.06. The number of fused-ring (bicyclic) bond motifs is 2. The molecule has 0 unspecified atom stereocenters. The molecule has 128 valence electrons. The molecule has 3 heterocycles. The Morgan fingerprint density at radius 3 is 2.72 bits per heavy atom. The van der Waals surface area contributed by atoms with Gasteiger partial charge in [0.1, 0.15) is 17.0 Å². The average molecular weight is 348 g/mol.